The van der Waals surface area contributed by atoms with Crippen LogP contribution in [-0.4, -0.2) is 20.7 Å². The van der Waals surface area contributed by atoms with E-state index in [4.69, 9.17) is 0 Å². The van der Waals surface area contributed by atoms with Gasteiger partial charge in [0.1, 0.15) is 5.01 Å². The molecule has 5 heteroatoms. The van der Waals surface area contributed by atoms with Gasteiger partial charge in [0.05, 0.1) is 11.4 Å². The number of pyridine rings is 1. The monoisotopic (exact) mass is 309 g/mol. The molecule has 4 nitrogen and oxygen atoms in total. The Labute approximate surface area is 132 Å². The number of fused-ring (bicyclic) bond motifs is 1. The fourth-order valence-electron chi connectivity index (χ4n) is 3.12. The molecule has 3 aromatic heterocycles. The number of H-pyrrole nitrogens is 1. The third kappa shape index (κ3) is 2.09. The molecule has 1 aliphatic rings. The second kappa shape index (κ2) is 5.18. The van der Waals surface area contributed by atoms with Crippen LogP contribution in [0.4, 0.5) is 0 Å². The third-order valence-corrected chi connectivity index (χ3v) is 4.80. The van der Waals surface area contributed by atoms with Gasteiger partial charge in [-0.15, -0.1) is 11.3 Å². The summed E-state index contributed by atoms with van der Waals surface area (Å²) in [5, 5.41) is 2.81. The van der Waals surface area contributed by atoms with Crippen LogP contribution < -0.4 is 0 Å². The predicted octanol–water partition coefficient (Wildman–Crippen LogP) is 3.97. The zero-order chi connectivity index (χ0) is 15.1. The van der Waals surface area contributed by atoms with Crippen LogP contribution in [0.3, 0.4) is 0 Å². The molecule has 0 aliphatic heterocycles. The molecule has 1 atom stereocenters. The molecule has 1 N–H and O–H groups in total. The summed E-state index contributed by atoms with van der Waals surface area (Å²) in [5.41, 5.74) is 4.51. The molecule has 3 heterocycles. The highest BCUT2D eigenvalue weighted by Crippen LogP contribution is 2.40. The molecule has 22 heavy (non-hydrogen) atoms. The van der Waals surface area contributed by atoms with Crippen molar-refractivity contribution in [3.63, 3.8) is 0 Å². The summed E-state index contributed by atoms with van der Waals surface area (Å²) >= 11 is 1.55. The molecule has 0 aromatic carbocycles. The lowest BCUT2D eigenvalue weighted by atomic mass is 9.86. The fourth-order valence-corrected chi connectivity index (χ4v) is 3.81. The van der Waals surface area contributed by atoms with Crippen molar-refractivity contribution < 1.29 is 4.79 Å². The minimum Gasteiger partial charge on any atom is -0.356 e. The number of carbonyl (C=O) groups is 1. The van der Waals surface area contributed by atoms with E-state index in [0.717, 1.165) is 39.6 Å². The van der Waals surface area contributed by atoms with Gasteiger partial charge >= 0.3 is 0 Å². The summed E-state index contributed by atoms with van der Waals surface area (Å²) in [6.07, 6.45) is 5.04. The number of Topliss-reactive ketones (excluding diaryl/α,β-unsaturated/α-hetero) is 1. The van der Waals surface area contributed by atoms with E-state index in [1.54, 1.807) is 23.7 Å². The molecule has 3 aromatic rings. The van der Waals surface area contributed by atoms with E-state index in [0.29, 0.717) is 12.3 Å². The minimum absolute atomic E-state index is 0.206. The van der Waals surface area contributed by atoms with Gasteiger partial charge in [0, 0.05) is 41.0 Å². The Morgan fingerprint density at radius 3 is 2.82 bits per heavy atom. The van der Waals surface area contributed by atoms with Gasteiger partial charge < -0.3 is 4.98 Å². The molecule has 0 amide bonds. The van der Waals surface area contributed by atoms with Crippen molar-refractivity contribution in [3.05, 3.63) is 47.2 Å². The number of thiazole rings is 1. The Morgan fingerprint density at radius 1 is 1.18 bits per heavy atom. The zero-order valence-corrected chi connectivity index (χ0v) is 13.0. The quantitative estimate of drug-likeness (QED) is 0.779. The predicted molar refractivity (Wildman–Crippen MR) is 86.9 cm³/mol. The maximum Gasteiger partial charge on any atom is 0.165 e. The van der Waals surface area contributed by atoms with E-state index in [1.165, 1.54) is 0 Å². The van der Waals surface area contributed by atoms with E-state index in [2.05, 4.69) is 21.9 Å². The highest BCUT2D eigenvalue weighted by molar-refractivity contribution is 7.13. The van der Waals surface area contributed by atoms with Crippen molar-refractivity contribution in [3.8, 4) is 22.0 Å². The maximum absolute atomic E-state index is 12.6. The van der Waals surface area contributed by atoms with E-state index in [9.17, 15) is 4.79 Å². The number of hydrogen-bond donors (Lipinski definition) is 1. The van der Waals surface area contributed by atoms with Crippen LogP contribution >= 0.6 is 11.3 Å². The van der Waals surface area contributed by atoms with Gasteiger partial charge in [0.2, 0.25) is 0 Å². The molecule has 110 valence electrons. The number of hydrogen-bond acceptors (Lipinski definition) is 4. The van der Waals surface area contributed by atoms with Crippen molar-refractivity contribution in [1.29, 1.82) is 0 Å². The number of ketones is 1. The van der Waals surface area contributed by atoms with Crippen molar-refractivity contribution in [2.24, 2.45) is 5.92 Å². The second-order valence-electron chi connectivity index (χ2n) is 5.72. The van der Waals surface area contributed by atoms with Crippen LogP contribution in [0.5, 0.6) is 0 Å². The first-order valence-corrected chi connectivity index (χ1v) is 8.21. The first-order valence-electron chi connectivity index (χ1n) is 7.33. The van der Waals surface area contributed by atoms with E-state index in [1.807, 2.05) is 23.6 Å². The fraction of sp³-hybridized carbons (Fsp3) is 0.235. The van der Waals surface area contributed by atoms with Gasteiger partial charge in [-0.1, -0.05) is 13.0 Å². The zero-order valence-electron chi connectivity index (χ0n) is 12.2. The number of aromatic nitrogens is 3. The summed E-state index contributed by atoms with van der Waals surface area (Å²) < 4.78 is 0. The number of nitrogens with one attached hydrogen (secondary N) is 1. The Kier molecular flexibility index (Phi) is 3.15. The molecule has 0 saturated heterocycles. The Bertz CT molecular complexity index is 821. The number of aromatic amines is 1. The molecular formula is C17H15N3OS. The van der Waals surface area contributed by atoms with Crippen LogP contribution in [0, 0.1) is 5.92 Å². The van der Waals surface area contributed by atoms with Gasteiger partial charge in [-0.25, -0.2) is 4.98 Å². The lowest BCUT2D eigenvalue weighted by Gasteiger charge is -2.17. The molecular weight excluding hydrogens is 294 g/mol. The smallest absolute Gasteiger partial charge is 0.165 e. The molecule has 0 spiro atoms. The molecule has 0 fully saturated rings. The lowest BCUT2D eigenvalue weighted by molar-refractivity contribution is 0.0954. The summed E-state index contributed by atoms with van der Waals surface area (Å²) in [5.74, 6) is 0.580. The molecule has 0 bridgehead atoms. The van der Waals surface area contributed by atoms with Crippen LogP contribution in [0.15, 0.2) is 36.0 Å². The highest BCUT2D eigenvalue weighted by atomic mass is 32.1. The van der Waals surface area contributed by atoms with Crippen LogP contribution in [0.1, 0.15) is 29.4 Å². The first kappa shape index (κ1) is 13.4. The van der Waals surface area contributed by atoms with Gasteiger partial charge in [0.25, 0.3) is 0 Å². The summed E-state index contributed by atoms with van der Waals surface area (Å²) in [6.45, 7) is 2.12. The standard InChI is InChI=1S/C17H15N3OS/c1-10-8-12-14(13(21)9-10)15(17-19-6-7-22-17)16(20-12)11-4-2-3-5-18-11/h2-7,10,20H,8-9H2,1H3. The van der Waals surface area contributed by atoms with E-state index >= 15 is 0 Å². The second-order valence-corrected chi connectivity index (χ2v) is 6.61. The number of carbonyl (C=O) groups excluding carboxylic acids is 1. The molecule has 0 radical (unpaired) electrons. The van der Waals surface area contributed by atoms with Crippen LogP contribution in [-0.2, 0) is 6.42 Å². The van der Waals surface area contributed by atoms with Crippen LogP contribution in [0.2, 0.25) is 0 Å². The third-order valence-electron chi connectivity index (χ3n) is 4.01. The Balaban J connectivity index is 1.99. The number of nitrogens with zero attached hydrogens (tertiary/aromatic N) is 2. The molecule has 1 aliphatic carbocycles. The molecule has 0 saturated carbocycles. The largest absolute Gasteiger partial charge is 0.356 e. The Morgan fingerprint density at radius 2 is 2.09 bits per heavy atom. The maximum atomic E-state index is 12.6. The molecule has 1 unspecified atom stereocenters. The average molecular weight is 309 g/mol. The minimum atomic E-state index is 0.206. The summed E-state index contributed by atoms with van der Waals surface area (Å²) in [6, 6.07) is 5.81. The van der Waals surface area contributed by atoms with Gasteiger partial charge in [-0.2, -0.15) is 0 Å². The SMILES string of the molecule is CC1CC(=O)c2c([nH]c(-c3ccccn3)c2-c2nccs2)C1. The van der Waals surface area contributed by atoms with Crippen molar-refractivity contribution in [2.75, 3.05) is 0 Å². The van der Waals surface area contributed by atoms with Gasteiger partial charge in [-0.05, 0) is 24.5 Å². The average Bonchev–Trinajstić information content (AvgIpc) is 3.14. The highest BCUT2D eigenvalue weighted by Gasteiger charge is 2.31. The van der Waals surface area contributed by atoms with E-state index in [-0.39, 0.29) is 5.78 Å². The summed E-state index contributed by atoms with van der Waals surface area (Å²) in [4.78, 5) is 24.9. The Hall–Kier alpha value is -2.27. The van der Waals surface area contributed by atoms with E-state index < -0.39 is 0 Å². The van der Waals surface area contributed by atoms with Crippen molar-refractivity contribution in [2.45, 2.75) is 19.8 Å². The normalized spacial score (nSPS) is 17.5. The van der Waals surface area contributed by atoms with Crippen LogP contribution in [0.25, 0.3) is 22.0 Å². The first-order chi connectivity index (χ1) is 10.7. The summed E-state index contributed by atoms with van der Waals surface area (Å²) in [7, 11) is 0. The van der Waals surface area contributed by atoms with Gasteiger partial charge in [0.15, 0.2) is 5.78 Å². The number of rotatable bonds is 2. The van der Waals surface area contributed by atoms with Crippen molar-refractivity contribution >= 4 is 17.1 Å². The van der Waals surface area contributed by atoms with Crippen molar-refractivity contribution in [1.82, 2.24) is 15.0 Å². The topological polar surface area (TPSA) is 58.6 Å². The lowest BCUT2D eigenvalue weighted by Crippen LogP contribution is -2.17. The van der Waals surface area contributed by atoms with Gasteiger partial charge in [-0.3, -0.25) is 9.78 Å². The molecule has 4 rings (SSSR count).